The van der Waals surface area contributed by atoms with Crippen molar-refractivity contribution in [1.29, 1.82) is 0 Å². The molecule has 85 heavy (non-hydrogen) atoms. The number of rotatable bonds is 66. The summed E-state index contributed by atoms with van der Waals surface area (Å²) in [5.74, 6) is -1.45. The first-order valence-corrected chi connectivity index (χ1v) is 37.6. The molecule has 0 saturated carbocycles. The van der Waals surface area contributed by atoms with E-state index < -0.39 is 97.5 Å². The molecule has 0 spiro atoms. The molecular weight excluding hydrogens is 1130 g/mol. The Balaban J connectivity index is 5.22. The Morgan fingerprint density at radius 3 is 0.800 bits per heavy atom. The maximum Gasteiger partial charge on any atom is 0.472 e. The molecule has 2 unspecified atom stereocenters. The predicted octanol–water partition coefficient (Wildman–Crippen LogP) is 18.6. The van der Waals surface area contributed by atoms with E-state index in [0.29, 0.717) is 31.6 Å². The van der Waals surface area contributed by atoms with Gasteiger partial charge in [-0.25, -0.2) is 9.13 Å². The molecule has 0 saturated heterocycles. The first-order chi connectivity index (χ1) is 41.0. The van der Waals surface area contributed by atoms with E-state index in [1.165, 1.54) is 154 Å². The Kier molecular flexibility index (Phi) is 58.3. The lowest BCUT2D eigenvalue weighted by Crippen LogP contribution is -2.30. The minimum atomic E-state index is -4.95. The van der Waals surface area contributed by atoms with Gasteiger partial charge in [0.15, 0.2) is 12.2 Å². The van der Waals surface area contributed by atoms with Crippen LogP contribution in [0.3, 0.4) is 0 Å². The van der Waals surface area contributed by atoms with E-state index in [2.05, 4.69) is 34.6 Å². The van der Waals surface area contributed by atoms with E-state index in [4.69, 9.17) is 37.0 Å². The zero-order chi connectivity index (χ0) is 62.8. The van der Waals surface area contributed by atoms with Gasteiger partial charge in [-0.1, -0.05) is 285 Å². The maximum atomic E-state index is 13.0. The number of carbonyl (C=O) groups is 4. The third kappa shape index (κ3) is 60.7. The van der Waals surface area contributed by atoms with Crippen molar-refractivity contribution in [3.63, 3.8) is 0 Å². The van der Waals surface area contributed by atoms with Crippen LogP contribution in [0.5, 0.6) is 0 Å². The molecular formula is C66H128O17P2. The van der Waals surface area contributed by atoms with Gasteiger partial charge in [-0.2, -0.15) is 0 Å². The Labute approximate surface area is 517 Å². The fourth-order valence-corrected chi connectivity index (χ4v) is 11.5. The zero-order valence-electron chi connectivity index (χ0n) is 54.7. The minimum absolute atomic E-state index is 0.106. The number of unbranched alkanes of at least 4 members (excludes halogenated alkanes) is 38. The average Bonchev–Trinajstić information content (AvgIpc) is 3.47. The summed E-state index contributed by atoms with van der Waals surface area (Å²) in [6, 6.07) is 0. The molecule has 0 bridgehead atoms. The quantitative estimate of drug-likeness (QED) is 0.0222. The summed E-state index contributed by atoms with van der Waals surface area (Å²) in [7, 11) is -9.89. The van der Waals surface area contributed by atoms with E-state index in [1.54, 1.807) is 0 Å². The van der Waals surface area contributed by atoms with E-state index in [-0.39, 0.29) is 25.7 Å². The van der Waals surface area contributed by atoms with Crippen LogP contribution in [0.4, 0.5) is 0 Å². The smallest absolute Gasteiger partial charge is 0.462 e. The number of phosphoric ester groups is 2. The Morgan fingerprint density at radius 2 is 0.541 bits per heavy atom. The van der Waals surface area contributed by atoms with Crippen LogP contribution in [0, 0.1) is 5.92 Å². The highest BCUT2D eigenvalue weighted by Crippen LogP contribution is 2.45. The number of hydrogen-bond acceptors (Lipinski definition) is 15. The topological polar surface area (TPSA) is 237 Å². The molecule has 0 rings (SSSR count). The molecule has 0 heterocycles. The largest absolute Gasteiger partial charge is 0.472 e. The number of ether oxygens (including phenoxy) is 4. The highest BCUT2D eigenvalue weighted by molar-refractivity contribution is 7.47. The molecule has 17 nitrogen and oxygen atoms in total. The van der Waals surface area contributed by atoms with Crippen molar-refractivity contribution in [3.05, 3.63) is 0 Å². The Morgan fingerprint density at radius 1 is 0.318 bits per heavy atom. The van der Waals surface area contributed by atoms with Gasteiger partial charge in [0.2, 0.25) is 0 Å². The van der Waals surface area contributed by atoms with Crippen LogP contribution in [0.1, 0.15) is 336 Å². The second-order valence-corrected chi connectivity index (χ2v) is 27.2. The summed E-state index contributed by atoms with van der Waals surface area (Å²) in [6.45, 7) is 7.12. The third-order valence-electron chi connectivity index (χ3n) is 15.3. The van der Waals surface area contributed by atoms with Crippen LogP contribution < -0.4 is 0 Å². The molecule has 5 atom stereocenters. The summed E-state index contributed by atoms with van der Waals surface area (Å²) in [5.41, 5.74) is 0. The van der Waals surface area contributed by atoms with Crippen LogP contribution in [0.15, 0.2) is 0 Å². The van der Waals surface area contributed by atoms with E-state index in [1.807, 2.05) is 0 Å². The first kappa shape index (κ1) is 83.1. The molecule has 0 aliphatic carbocycles. The SMILES string of the molecule is CCCCCCCCCCCCCCCCCC(=O)O[C@H](COC(=O)CCCCCCCCCCCCC)COP(=O)(O)OC[C@@H](O)COP(=O)(O)OC[C@@H](COC(=O)CCCCCCCCC(C)C)OC(=O)CCCCCCCCCCCC. The maximum absolute atomic E-state index is 13.0. The minimum Gasteiger partial charge on any atom is -0.462 e. The fraction of sp³-hybridized carbons (Fsp3) is 0.939. The zero-order valence-corrected chi connectivity index (χ0v) is 56.5. The van der Waals surface area contributed by atoms with Crippen LogP contribution in [-0.4, -0.2) is 96.7 Å². The van der Waals surface area contributed by atoms with Gasteiger partial charge in [0.05, 0.1) is 26.4 Å². The van der Waals surface area contributed by atoms with Gasteiger partial charge in [-0.05, 0) is 31.6 Å². The summed E-state index contributed by atoms with van der Waals surface area (Å²) in [5, 5.41) is 10.5. The average molecular weight is 1260 g/mol. The van der Waals surface area contributed by atoms with Crippen LogP contribution in [-0.2, 0) is 65.4 Å². The fourth-order valence-electron chi connectivity index (χ4n) is 9.94. The highest BCUT2D eigenvalue weighted by atomic mass is 31.2. The number of aliphatic hydroxyl groups excluding tert-OH is 1. The molecule has 0 aromatic heterocycles. The third-order valence-corrected chi connectivity index (χ3v) is 17.2. The lowest BCUT2D eigenvalue weighted by Gasteiger charge is -2.21. The Hall–Kier alpha value is -1.94. The van der Waals surface area contributed by atoms with Crippen molar-refractivity contribution < 1.29 is 80.2 Å². The van der Waals surface area contributed by atoms with Crippen molar-refractivity contribution in [3.8, 4) is 0 Å². The molecule has 0 fully saturated rings. The number of aliphatic hydroxyl groups is 1. The summed E-state index contributed by atoms with van der Waals surface area (Å²) in [6.07, 6.45) is 44.5. The van der Waals surface area contributed by atoms with Crippen molar-refractivity contribution in [2.45, 2.75) is 355 Å². The number of phosphoric acid groups is 2. The van der Waals surface area contributed by atoms with Gasteiger partial charge in [-0.3, -0.25) is 37.3 Å². The molecule has 3 N–H and O–H groups in total. The second-order valence-electron chi connectivity index (χ2n) is 24.3. The van der Waals surface area contributed by atoms with Crippen molar-refractivity contribution in [1.82, 2.24) is 0 Å². The number of esters is 4. The molecule has 0 aromatic rings. The molecule has 504 valence electrons. The second kappa shape index (κ2) is 59.7. The van der Waals surface area contributed by atoms with Gasteiger partial charge < -0.3 is 33.8 Å². The van der Waals surface area contributed by atoms with E-state index in [0.717, 1.165) is 96.3 Å². The number of carbonyl (C=O) groups excluding carboxylic acids is 4. The standard InChI is InChI=1S/C66H128O17P2/c1-6-9-12-15-18-21-24-25-26-27-29-32-35-42-47-52-66(71)82-61(55-76-63(68)49-44-39-33-31-28-22-19-16-13-10-7-2)57-80-84(72,73)78-53-60(67)54-79-85(74,75)81-58-62(56-77-64(69)50-45-40-37-36-38-43-48-59(4)5)83-65(70)51-46-41-34-30-23-20-17-14-11-8-3/h59-62,67H,6-58H2,1-5H3,(H,72,73)(H,74,75)/t60-,61-,62-/m1/s1. The summed E-state index contributed by atoms with van der Waals surface area (Å²) in [4.78, 5) is 72.3. The monoisotopic (exact) mass is 1250 g/mol. The summed E-state index contributed by atoms with van der Waals surface area (Å²) >= 11 is 0. The van der Waals surface area contributed by atoms with Gasteiger partial charge in [0, 0.05) is 25.7 Å². The van der Waals surface area contributed by atoms with Gasteiger partial charge in [0.25, 0.3) is 0 Å². The van der Waals surface area contributed by atoms with Gasteiger partial charge >= 0.3 is 39.5 Å². The lowest BCUT2D eigenvalue weighted by atomic mass is 10.0. The molecule has 0 aromatic carbocycles. The van der Waals surface area contributed by atoms with E-state index >= 15 is 0 Å². The van der Waals surface area contributed by atoms with Crippen molar-refractivity contribution in [2.24, 2.45) is 5.92 Å². The van der Waals surface area contributed by atoms with Crippen LogP contribution >= 0.6 is 15.6 Å². The number of hydrogen-bond donors (Lipinski definition) is 3. The first-order valence-electron chi connectivity index (χ1n) is 34.6. The van der Waals surface area contributed by atoms with Crippen LogP contribution in [0.2, 0.25) is 0 Å². The lowest BCUT2D eigenvalue weighted by molar-refractivity contribution is -0.161. The Bertz CT molecular complexity index is 1650. The van der Waals surface area contributed by atoms with Crippen LogP contribution in [0.25, 0.3) is 0 Å². The molecule has 0 aliphatic rings. The van der Waals surface area contributed by atoms with E-state index in [9.17, 15) is 43.2 Å². The molecule has 19 heteroatoms. The molecule has 0 aliphatic heterocycles. The molecule has 0 amide bonds. The summed E-state index contributed by atoms with van der Waals surface area (Å²) < 4.78 is 68.1. The van der Waals surface area contributed by atoms with Crippen molar-refractivity contribution >= 4 is 39.5 Å². The van der Waals surface area contributed by atoms with Crippen molar-refractivity contribution in [2.75, 3.05) is 39.6 Å². The molecule has 0 radical (unpaired) electrons. The normalized spacial score (nSPS) is 14.2. The highest BCUT2D eigenvalue weighted by Gasteiger charge is 2.30. The predicted molar refractivity (Wildman–Crippen MR) is 340 cm³/mol. The van der Waals surface area contributed by atoms with Gasteiger partial charge in [-0.15, -0.1) is 0 Å². The van der Waals surface area contributed by atoms with Gasteiger partial charge in [0.1, 0.15) is 19.3 Å².